The fraction of sp³-hybridized carbons (Fsp3) is 0.333. The number of hydrogen-bond acceptors (Lipinski definition) is 4. The zero-order valence-corrected chi connectivity index (χ0v) is 16.3. The van der Waals surface area contributed by atoms with Gasteiger partial charge in [0, 0.05) is 16.8 Å². The fourth-order valence-corrected chi connectivity index (χ4v) is 2.77. The van der Waals surface area contributed by atoms with E-state index in [9.17, 15) is 9.59 Å². The van der Waals surface area contributed by atoms with E-state index in [-0.39, 0.29) is 11.7 Å². The molecular formula is C21H27N2O4+. The van der Waals surface area contributed by atoms with E-state index in [0.717, 1.165) is 27.6 Å². The molecule has 0 aliphatic rings. The molecule has 0 spiro atoms. The average Bonchev–Trinajstić information content (AvgIpc) is 2.63. The van der Waals surface area contributed by atoms with Crippen molar-refractivity contribution in [2.24, 2.45) is 0 Å². The van der Waals surface area contributed by atoms with Crippen LogP contribution in [0.1, 0.15) is 29.8 Å². The van der Waals surface area contributed by atoms with Crippen molar-refractivity contribution in [3.05, 3.63) is 53.6 Å². The zero-order chi connectivity index (χ0) is 19.8. The number of nitrogens with one attached hydrogen (secondary N) is 2. The first-order valence-corrected chi connectivity index (χ1v) is 8.94. The molecule has 0 saturated carbocycles. The average molecular weight is 371 g/mol. The highest BCUT2D eigenvalue weighted by Crippen LogP contribution is 2.20. The minimum atomic E-state index is -0.0849. The minimum absolute atomic E-state index is 0.00852. The molecule has 1 unspecified atom stereocenters. The summed E-state index contributed by atoms with van der Waals surface area (Å²) in [7, 11) is 3.54. The number of benzene rings is 2. The van der Waals surface area contributed by atoms with Gasteiger partial charge in [-0.2, -0.15) is 0 Å². The van der Waals surface area contributed by atoms with Gasteiger partial charge in [0.05, 0.1) is 20.8 Å². The number of hydrogen-bond donors (Lipinski definition) is 2. The molecule has 0 bridgehead atoms. The summed E-state index contributed by atoms with van der Waals surface area (Å²) in [6, 6.07) is 12.6. The van der Waals surface area contributed by atoms with Crippen LogP contribution in [0.25, 0.3) is 0 Å². The topological polar surface area (TPSA) is 69.1 Å². The molecule has 0 radical (unpaired) electrons. The van der Waals surface area contributed by atoms with E-state index in [2.05, 4.69) is 5.32 Å². The van der Waals surface area contributed by atoms with Crippen LogP contribution < -0.4 is 19.7 Å². The van der Waals surface area contributed by atoms with Crippen LogP contribution >= 0.6 is 0 Å². The molecule has 27 heavy (non-hydrogen) atoms. The van der Waals surface area contributed by atoms with Crippen molar-refractivity contribution in [2.75, 3.05) is 32.6 Å². The third kappa shape index (κ3) is 6.11. The predicted molar refractivity (Wildman–Crippen MR) is 105 cm³/mol. The van der Waals surface area contributed by atoms with Crippen molar-refractivity contribution >= 4 is 17.4 Å². The molecule has 6 nitrogen and oxygen atoms in total. The van der Waals surface area contributed by atoms with Crippen molar-refractivity contribution < 1.29 is 24.0 Å². The Morgan fingerprint density at radius 2 is 1.81 bits per heavy atom. The van der Waals surface area contributed by atoms with Crippen LogP contribution in [0.5, 0.6) is 11.5 Å². The van der Waals surface area contributed by atoms with Gasteiger partial charge in [-0.25, -0.2) is 0 Å². The summed E-state index contributed by atoms with van der Waals surface area (Å²) in [5, 5.41) is 2.88. The van der Waals surface area contributed by atoms with Crippen molar-refractivity contribution in [1.29, 1.82) is 0 Å². The number of amides is 1. The van der Waals surface area contributed by atoms with E-state index in [1.165, 1.54) is 0 Å². The molecule has 0 aromatic heterocycles. The number of quaternary nitrogens is 1. The molecule has 2 aromatic rings. The molecule has 1 amide bonds. The van der Waals surface area contributed by atoms with Crippen molar-refractivity contribution in [1.82, 2.24) is 0 Å². The Hall–Kier alpha value is -2.86. The van der Waals surface area contributed by atoms with Crippen LogP contribution in [-0.4, -0.2) is 39.0 Å². The number of carbonyl (C=O) groups excluding carboxylic acids is 2. The third-order valence-electron chi connectivity index (χ3n) is 4.10. The predicted octanol–water partition coefficient (Wildman–Crippen LogP) is 1.95. The lowest BCUT2D eigenvalue weighted by atomic mass is 10.1. The van der Waals surface area contributed by atoms with E-state index in [1.54, 1.807) is 44.4 Å². The Balaban J connectivity index is 2.00. The standard InChI is InChI=1S/C21H26N2O4/c1-5-27-20-11-6-16(15(2)24)12-17(20)13-23(3)14-21(25)22-18-7-9-19(26-4)10-8-18/h6-12H,5,13-14H2,1-4H3,(H,22,25)/p+1. The molecule has 2 rings (SSSR count). The van der Waals surface area contributed by atoms with Gasteiger partial charge < -0.3 is 19.7 Å². The summed E-state index contributed by atoms with van der Waals surface area (Å²) in [6.45, 7) is 4.87. The lowest BCUT2D eigenvalue weighted by Gasteiger charge is -2.17. The lowest BCUT2D eigenvalue weighted by molar-refractivity contribution is -0.885. The summed E-state index contributed by atoms with van der Waals surface area (Å²) >= 11 is 0. The van der Waals surface area contributed by atoms with Gasteiger partial charge in [-0.15, -0.1) is 0 Å². The van der Waals surface area contributed by atoms with E-state index < -0.39 is 0 Å². The van der Waals surface area contributed by atoms with Gasteiger partial charge in [0.2, 0.25) is 0 Å². The summed E-state index contributed by atoms with van der Waals surface area (Å²) in [5.41, 5.74) is 2.28. The van der Waals surface area contributed by atoms with Gasteiger partial charge in [-0.3, -0.25) is 9.59 Å². The molecule has 2 aromatic carbocycles. The second-order valence-electron chi connectivity index (χ2n) is 6.40. The van der Waals surface area contributed by atoms with E-state index >= 15 is 0 Å². The Morgan fingerprint density at radius 3 is 2.41 bits per heavy atom. The summed E-state index contributed by atoms with van der Waals surface area (Å²) in [6.07, 6.45) is 0. The molecule has 1 atom stereocenters. The first kappa shape index (κ1) is 20.5. The largest absolute Gasteiger partial charge is 0.497 e. The zero-order valence-electron chi connectivity index (χ0n) is 16.3. The number of carbonyl (C=O) groups is 2. The SMILES string of the molecule is CCOc1ccc(C(C)=O)cc1C[NH+](C)CC(=O)Nc1ccc(OC)cc1. The Morgan fingerprint density at radius 1 is 1.11 bits per heavy atom. The van der Waals surface area contributed by atoms with E-state index in [4.69, 9.17) is 9.47 Å². The summed E-state index contributed by atoms with van der Waals surface area (Å²) in [4.78, 5) is 25.0. The number of methoxy groups -OCH3 is 1. The van der Waals surface area contributed by atoms with Gasteiger partial charge in [-0.05, 0) is 56.3 Å². The third-order valence-corrected chi connectivity index (χ3v) is 4.10. The molecule has 0 saturated heterocycles. The number of ether oxygens (including phenoxy) is 2. The van der Waals surface area contributed by atoms with Gasteiger partial charge in [-0.1, -0.05) is 0 Å². The van der Waals surface area contributed by atoms with Crippen molar-refractivity contribution in [3.8, 4) is 11.5 Å². The maximum atomic E-state index is 12.3. The number of likely N-dealkylation sites (N-methyl/N-ethyl adjacent to an activating group) is 1. The van der Waals surface area contributed by atoms with Crippen LogP contribution in [0.4, 0.5) is 5.69 Å². The summed E-state index contributed by atoms with van der Waals surface area (Å²) < 4.78 is 10.8. The quantitative estimate of drug-likeness (QED) is 0.661. The number of ketones is 1. The maximum absolute atomic E-state index is 12.3. The monoisotopic (exact) mass is 371 g/mol. The van der Waals surface area contributed by atoms with Crippen molar-refractivity contribution in [3.63, 3.8) is 0 Å². The van der Waals surface area contributed by atoms with E-state index in [0.29, 0.717) is 25.3 Å². The van der Waals surface area contributed by atoms with Gasteiger partial charge in [0.25, 0.3) is 5.91 Å². The molecule has 0 heterocycles. The van der Waals surface area contributed by atoms with Crippen LogP contribution in [-0.2, 0) is 11.3 Å². The highest BCUT2D eigenvalue weighted by molar-refractivity contribution is 5.94. The van der Waals surface area contributed by atoms with Crippen LogP contribution in [0.2, 0.25) is 0 Å². The van der Waals surface area contributed by atoms with Gasteiger partial charge >= 0.3 is 0 Å². The minimum Gasteiger partial charge on any atom is -0.497 e. The first-order chi connectivity index (χ1) is 12.9. The molecular weight excluding hydrogens is 344 g/mol. The maximum Gasteiger partial charge on any atom is 0.279 e. The highest BCUT2D eigenvalue weighted by atomic mass is 16.5. The molecule has 2 N–H and O–H groups in total. The van der Waals surface area contributed by atoms with Gasteiger partial charge in [0.1, 0.15) is 18.0 Å². The van der Waals surface area contributed by atoms with Crippen LogP contribution in [0.3, 0.4) is 0 Å². The molecule has 0 aliphatic carbocycles. The lowest BCUT2D eigenvalue weighted by Crippen LogP contribution is -3.08. The Bertz CT molecular complexity index is 787. The number of rotatable bonds is 9. The highest BCUT2D eigenvalue weighted by Gasteiger charge is 2.15. The van der Waals surface area contributed by atoms with Crippen LogP contribution in [0, 0.1) is 0 Å². The number of anilines is 1. The van der Waals surface area contributed by atoms with Crippen molar-refractivity contribution in [2.45, 2.75) is 20.4 Å². The summed E-state index contributed by atoms with van der Waals surface area (Å²) in [5.74, 6) is 1.41. The molecule has 6 heteroatoms. The normalized spacial score (nSPS) is 11.6. The number of Topliss-reactive ketones (excluding diaryl/α,β-unsaturated/α-hetero) is 1. The Kier molecular flexibility index (Phi) is 7.37. The van der Waals surface area contributed by atoms with E-state index in [1.807, 2.05) is 26.1 Å². The van der Waals surface area contributed by atoms with Crippen LogP contribution in [0.15, 0.2) is 42.5 Å². The fourth-order valence-electron chi connectivity index (χ4n) is 2.77. The molecule has 144 valence electrons. The van der Waals surface area contributed by atoms with Gasteiger partial charge in [0.15, 0.2) is 12.3 Å². The molecule has 0 aliphatic heterocycles. The second kappa shape index (κ2) is 9.73. The Labute approximate surface area is 160 Å². The smallest absolute Gasteiger partial charge is 0.279 e. The second-order valence-corrected chi connectivity index (χ2v) is 6.40. The first-order valence-electron chi connectivity index (χ1n) is 8.94. The molecule has 0 fully saturated rings.